The van der Waals surface area contributed by atoms with Gasteiger partial charge in [0.05, 0.1) is 4.92 Å². The fourth-order valence-corrected chi connectivity index (χ4v) is 2.35. The first-order valence-electron chi connectivity index (χ1n) is 5.53. The van der Waals surface area contributed by atoms with Crippen molar-refractivity contribution in [3.8, 4) is 0 Å². The zero-order valence-electron chi connectivity index (χ0n) is 9.87. The number of nitrogens with one attached hydrogen (secondary N) is 1. The van der Waals surface area contributed by atoms with Gasteiger partial charge in [-0.2, -0.15) is 0 Å². The Morgan fingerprint density at radius 1 is 1.39 bits per heavy atom. The number of nitrogens with zero attached hydrogens (tertiary/aromatic N) is 2. The second kappa shape index (κ2) is 5.70. The minimum absolute atomic E-state index is 0.184. The van der Waals surface area contributed by atoms with Gasteiger partial charge in [0.25, 0.3) is 0 Å². The fraction of sp³-hybridized carbons (Fsp3) is 0.250. The molecule has 2 rings (SSSR count). The van der Waals surface area contributed by atoms with Crippen LogP contribution in [0.2, 0.25) is 0 Å². The molecule has 0 aromatic carbocycles. The van der Waals surface area contributed by atoms with E-state index in [9.17, 15) is 10.1 Å². The fourth-order valence-electron chi connectivity index (χ4n) is 1.58. The van der Waals surface area contributed by atoms with Crippen LogP contribution in [0.4, 0.5) is 5.00 Å². The molecule has 2 aromatic rings. The maximum Gasteiger partial charge on any atom is 0.324 e. The molecule has 2 heterocycles. The summed E-state index contributed by atoms with van der Waals surface area (Å²) in [6, 6.07) is 7.42. The maximum absolute atomic E-state index is 10.6. The molecule has 0 aliphatic rings. The molecular weight excluding hydrogens is 250 g/mol. The van der Waals surface area contributed by atoms with Crippen LogP contribution in [0.25, 0.3) is 0 Å². The largest absolute Gasteiger partial charge is 0.324 e. The van der Waals surface area contributed by atoms with Crippen LogP contribution in [0.15, 0.2) is 36.7 Å². The molecule has 0 saturated carbocycles. The number of nitro groups is 1. The van der Waals surface area contributed by atoms with E-state index in [1.165, 1.54) is 11.3 Å². The normalized spacial score (nSPS) is 12.3. The molecule has 2 aromatic heterocycles. The van der Waals surface area contributed by atoms with Gasteiger partial charge in [-0.05, 0) is 30.7 Å². The lowest BCUT2D eigenvalue weighted by molar-refractivity contribution is -0.380. The highest BCUT2D eigenvalue weighted by molar-refractivity contribution is 7.15. The lowest BCUT2D eigenvalue weighted by Crippen LogP contribution is -2.17. The molecule has 18 heavy (non-hydrogen) atoms. The third kappa shape index (κ3) is 3.12. The van der Waals surface area contributed by atoms with Crippen molar-refractivity contribution in [1.82, 2.24) is 10.3 Å². The lowest BCUT2D eigenvalue weighted by Gasteiger charge is -2.12. The Morgan fingerprint density at radius 2 is 2.11 bits per heavy atom. The van der Waals surface area contributed by atoms with Gasteiger partial charge < -0.3 is 5.32 Å². The third-order valence-electron chi connectivity index (χ3n) is 2.62. The van der Waals surface area contributed by atoms with E-state index in [2.05, 4.69) is 17.2 Å². The summed E-state index contributed by atoms with van der Waals surface area (Å²) in [5.74, 6) is 0. The molecular formula is C12H13N3O2S. The summed E-state index contributed by atoms with van der Waals surface area (Å²) in [6.45, 7) is 2.68. The SMILES string of the molecule is C[C@@H](NCc1ccc([N+](=O)[O-])s1)c1ccncc1. The second-order valence-corrected chi connectivity index (χ2v) is 5.03. The van der Waals surface area contributed by atoms with Crippen molar-refractivity contribution in [2.24, 2.45) is 0 Å². The minimum Gasteiger partial charge on any atom is -0.305 e. The molecule has 0 radical (unpaired) electrons. The highest BCUT2D eigenvalue weighted by Crippen LogP contribution is 2.24. The van der Waals surface area contributed by atoms with Crippen molar-refractivity contribution in [1.29, 1.82) is 0 Å². The molecule has 0 saturated heterocycles. The zero-order chi connectivity index (χ0) is 13.0. The van der Waals surface area contributed by atoms with E-state index >= 15 is 0 Å². The Kier molecular flexibility index (Phi) is 4.01. The summed E-state index contributed by atoms with van der Waals surface area (Å²) >= 11 is 1.20. The minimum atomic E-state index is -0.361. The number of hydrogen-bond donors (Lipinski definition) is 1. The van der Waals surface area contributed by atoms with Crippen LogP contribution in [0.1, 0.15) is 23.4 Å². The molecule has 0 bridgehead atoms. The van der Waals surface area contributed by atoms with Crippen molar-refractivity contribution in [3.63, 3.8) is 0 Å². The van der Waals surface area contributed by atoms with Gasteiger partial charge in [-0.3, -0.25) is 15.1 Å². The van der Waals surface area contributed by atoms with Gasteiger partial charge in [0, 0.05) is 35.9 Å². The van der Waals surface area contributed by atoms with Crippen LogP contribution < -0.4 is 5.32 Å². The summed E-state index contributed by atoms with van der Waals surface area (Å²) in [4.78, 5) is 15.1. The van der Waals surface area contributed by atoms with E-state index in [-0.39, 0.29) is 16.0 Å². The zero-order valence-corrected chi connectivity index (χ0v) is 10.7. The van der Waals surface area contributed by atoms with Gasteiger partial charge >= 0.3 is 5.00 Å². The van der Waals surface area contributed by atoms with Gasteiger partial charge in [-0.1, -0.05) is 11.3 Å². The van der Waals surface area contributed by atoms with Crippen molar-refractivity contribution in [2.75, 3.05) is 0 Å². The Balaban J connectivity index is 1.93. The van der Waals surface area contributed by atoms with E-state index in [0.717, 1.165) is 10.4 Å². The van der Waals surface area contributed by atoms with Crippen LogP contribution in [-0.2, 0) is 6.54 Å². The quantitative estimate of drug-likeness (QED) is 0.665. The molecule has 1 atom stereocenters. The Bertz CT molecular complexity index is 527. The number of pyridine rings is 1. The average Bonchev–Trinajstić information content (AvgIpc) is 2.86. The predicted molar refractivity (Wildman–Crippen MR) is 70.5 cm³/mol. The smallest absolute Gasteiger partial charge is 0.305 e. The number of thiophene rings is 1. The van der Waals surface area contributed by atoms with Crippen LogP contribution in [0.5, 0.6) is 0 Å². The summed E-state index contributed by atoms with van der Waals surface area (Å²) in [7, 11) is 0. The van der Waals surface area contributed by atoms with Crippen molar-refractivity contribution >= 4 is 16.3 Å². The molecule has 1 N–H and O–H groups in total. The molecule has 0 fully saturated rings. The standard InChI is InChI=1S/C12H13N3O2S/c1-9(10-4-6-13-7-5-10)14-8-11-2-3-12(18-11)15(16)17/h2-7,9,14H,8H2,1H3/t9-/m1/s1. The van der Waals surface area contributed by atoms with E-state index < -0.39 is 0 Å². The predicted octanol–water partition coefficient (Wildman–Crippen LogP) is 2.90. The summed E-state index contributed by atoms with van der Waals surface area (Å²) in [5.41, 5.74) is 1.15. The van der Waals surface area contributed by atoms with Gasteiger partial charge in [-0.25, -0.2) is 0 Å². The van der Waals surface area contributed by atoms with Gasteiger partial charge in [0.1, 0.15) is 0 Å². The Morgan fingerprint density at radius 3 is 2.72 bits per heavy atom. The Labute approximate surface area is 109 Å². The highest BCUT2D eigenvalue weighted by atomic mass is 32.1. The molecule has 6 heteroatoms. The molecule has 94 valence electrons. The van der Waals surface area contributed by atoms with E-state index in [1.807, 2.05) is 12.1 Å². The summed E-state index contributed by atoms with van der Waals surface area (Å²) in [6.07, 6.45) is 3.51. The third-order valence-corrected chi connectivity index (χ3v) is 3.65. The number of aromatic nitrogens is 1. The number of rotatable bonds is 5. The van der Waals surface area contributed by atoms with Gasteiger partial charge in [0.2, 0.25) is 0 Å². The van der Waals surface area contributed by atoms with Crippen molar-refractivity contribution in [2.45, 2.75) is 19.5 Å². The average molecular weight is 263 g/mol. The van der Waals surface area contributed by atoms with Crippen molar-refractivity contribution < 1.29 is 4.92 Å². The summed E-state index contributed by atoms with van der Waals surface area (Å²) in [5, 5.41) is 14.1. The molecule has 5 nitrogen and oxygen atoms in total. The summed E-state index contributed by atoms with van der Waals surface area (Å²) < 4.78 is 0. The van der Waals surface area contributed by atoms with E-state index in [1.54, 1.807) is 24.5 Å². The first-order chi connectivity index (χ1) is 8.66. The lowest BCUT2D eigenvalue weighted by atomic mass is 10.1. The van der Waals surface area contributed by atoms with Crippen LogP contribution in [-0.4, -0.2) is 9.91 Å². The Hall–Kier alpha value is -1.79. The molecule has 0 spiro atoms. The molecule has 0 unspecified atom stereocenters. The first kappa shape index (κ1) is 12.7. The molecule has 0 aliphatic carbocycles. The maximum atomic E-state index is 10.6. The monoisotopic (exact) mass is 263 g/mol. The van der Waals surface area contributed by atoms with Crippen LogP contribution in [0, 0.1) is 10.1 Å². The van der Waals surface area contributed by atoms with Crippen LogP contribution in [0.3, 0.4) is 0 Å². The second-order valence-electron chi connectivity index (χ2n) is 3.88. The van der Waals surface area contributed by atoms with E-state index in [0.29, 0.717) is 6.54 Å². The first-order valence-corrected chi connectivity index (χ1v) is 6.35. The highest BCUT2D eigenvalue weighted by Gasteiger charge is 2.10. The van der Waals surface area contributed by atoms with Crippen molar-refractivity contribution in [3.05, 3.63) is 57.2 Å². The molecule has 0 aliphatic heterocycles. The van der Waals surface area contributed by atoms with Gasteiger partial charge in [-0.15, -0.1) is 0 Å². The number of hydrogen-bond acceptors (Lipinski definition) is 5. The van der Waals surface area contributed by atoms with E-state index in [4.69, 9.17) is 0 Å². The van der Waals surface area contributed by atoms with Gasteiger partial charge in [0.15, 0.2) is 0 Å². The van der Waals surface area contributed by atoms with Crippen LogP contribution >= 0.6 is 11.3 Å². The molecule has 0 amide bonds. The topological polar surface area (TPSA) is 68.1 Å².